The zero-order chi connectivity index (χ0) is 20.6. The van der Waals surface area contributed by atoms with Crippen molar-refractivity contribution in [3.8, 4) is 0 Å². The quantitative estimate of drug-likeness (QED) is 0.823. The van der Waals surface area contributed by atoms with Gasteiger partial charge in [-0.15, -0.1) is 0 Å². The van der Waals surface area contributed by atoms with Crippen LogP contribution in [0.25, 0.3) is 0 Å². The molecule has 0 bridgehead atoms. The van der Waals surface area contributed by atoms with E-state index in [9.17, 15) is 9.59 Å². The second kappa shape index (κ2) is 7.62. The fourth-order valence-electron chi connectivity index (χ4n) is 5.23. The number of benzene rings is 1. The molecular formula is C24H29N3O2. The van der Waals surface area contributed by atoms with Gasteiger partial charge in [0, 0.05) is 17.8 Å². The van der Waals surface area contributed by atoms with E-state index in [1.165, 1.54) is 0 Å². The van der Waals surface area contributed by atoms with Crippen molar-refractivity contribution in [2.24, 2.45) is 0 Å². The molecule has 1 fully saturated rings. The Balaban J connectivity index is 1.84. The van der Waals surface area contributed by atoms with Crippen molar-refractivity contribution >= 4 is 17.6 Å². The molecule has 152 valence electrons. The number of aryl methyl sites for hydroxylation is 1. The van der Waals surface area contributed by atoms with E-state index in [1.54, 1.807) is 6.20 Å². The summed E-state index contributed by atoms with van der Waals surface area (Å²) in [5, 5.41) is 3.08. The third kappa shape index (κ3) is 3.13. The second-order valence-electron chi connectivity index (χ2n) is 8.42. The van der Waals surface area contributed by atoms with Gasteiger partial charge >= 0.3 is 0 Å². The molecule has 2 amide bonds. The summed E-state index contributed by atoms with van der Waals surface area (Å²) in [6.07, 6.45) is 6.35. The fourth-order valence-corrected chi connectivity index (χ4v) is 5.23. The number of nitrogens with one attached hydrogen (secondary N) is 1. The van der Waals surface area contributed by atoms with Gasteiger partial charge in [-0.1, -0.05) is 44.0 Å². The number of nitrogens with zero attached hydrogens (tertiary/aromatic N) is 2. The highest BCUT2D eigenvalue weighted by molar-refractivity contribution is 6.05. The smallest absolute Gasteiger partial charge is 0.254 e. The van der Waals surface area contributed by atoms with Gasteiger partial charge in [-0.3, -0.25) is 9.59 Å². The van der Waals surface area contributed by atoms with Crippen LogP contribution < -0.4 is 5.32 Å². The first-order valence-corrected chi connectivity index (χ1v) is 10.6. The van der Waals surface area contributed by atoms with Crippen molar-refractivity contribution in [2.45, 2.75) is 70.4 Å². The van der Waals surface area contributed by atoms with Gasteiger partial charge in [0.25, 0.3) is 5.91 Å². The van der Waals surface area contributed by atoms with E-state index in [0.717, 1.165) is 43.2 Å². The number of pyridine rings is 1. The van der Waals surface area contributed by atoms with Crippen LogP contribution in [-0.4, -0.2) is 33.3 Å². The molecule has 0 radical (unpaired) electrons. The lowest BCUT2D eigenvalue weighted by Crippen LogP contribution is -2.62. The molecule has 1 aromatic heterocycles. The molecule has 1 N–H and O–H groups in total. The summed E-state index contributed by atoms with van der Waals surface area (Å²) < 4.78 is 0. The molecule has 2 aliphatic rings. The highest BCUT2D eigenvalue weighted by Crippen LogP contribution is 2.51. The third-order valence-electron chi connectivity index (χ3n) is 6.75. The van der Waals surface area contributed by atoms with Crippen LogP contribution >= 0.6 is 0 Å². The van der Waals surface area contributed by atoms with Crippen LogP contribution in [0.2, 0.25) is 0 Å². The minimum atomic E-state index is -0.465. The van der Waals surface area contributed by atoms with Crippen LogP contribution in [0.4, 0.5) is 5.82 Å². The average Bonchev–Trinajstić information content (AvgIpc) is 3.19. The SMILES string of the molecule is CC[C@@H](C)N1C(=O)c2ccccc2[C@H](C(=O)Nc2ncccc2C)C12CCCC2. The summed E-state index contributed by atoms with van der Waals surface area (Å²) in [7, 11) is 0. The molecule has 4 rings (SSSR count). The average molecular weight is 392 g/mol. The van der Waals surface area contributed by atoms with Crippen molar-refractivity contribution < 1.29 is 9.59 Å². The Hall–Kier alpha value is -2.69. The van der Waals surface area contributed by atoms with Gasteiger partial charge in [-0.05, 0) is 56.4 Å². The van der Waals surface area contributed by atoms with Crippen molar-refractivity contribution in [1.29, 1.82) is 0 Å². The van der Waals surface area contributed by atoms with Gasteiger partial charge in [0.05, 0.1) is 11.5 Å². The van der Waals surface area contributed by atoms with Crippen molar-refractivity contribution in [3.63, 3.8) is 0 Å². The minimum absolute atomic E-state index is 0.0647. The first-order valence-electron chi connectivity index (χ1n) is 10.6. The van der Waals surface area contributed by atoms with Gasteiger partial charge in [-0.2, -0.15) is 0 Å². The molecule has 1 spiro atoms. The zero-order valence-corrected chi connectivity index (χ0v) is 17.4. The highest BCUT2D eigenvalue weighted by atomic mass is 16.2. The summed E-state index contributed by atoms with van der Waals surface area (Å²) in [5.74, 6) is 0.196. The van der Waals surface area contributed by atoms with Crippen molar-refractivity contribution in [2.75, 3.05) is 5.32 Å². The summed E-state index contributed by atoms with van der Waals surface area (Å²) in [6, 6.07) is 11.5. The number of fused-ring (bicyclic) bond motifs is 1. The molecule has 5 heteroatoms. The molecule has 1 aromatic carbocycles. The summed E-state index contributed by atoms with van der Waals surface area (Å²) >= 11 is 0. The van der Waals surface area contributed by atoms with Gasteiger partial charge in [-0.25, -0.2) is 4.98 Å². The Morgan fingerprint density at radius 1 is 1.24 bits per heavy atom. The number of rotatable bonds is 4. The topological polar surface area (TPSA) is 62.3 Å². The van der Waals surface area contributed by atoms with Gasteiger partial charge in [0.1, 0.15) is 5.82 Å². The van der Waals surface area contributed by atoms with E-state index < -0.39 is 11.5 Å². The molecule has 1 aliphatic heterocycles. The van der Waals surface area contributed by atoms with E-state index in [2.05, 4.69) is 24.1 Å². The van der Waals surface area contributed by atoms with E-state index in [1.807, 2.05) is 48.2 Å². The molecule has 1 aliphatic carbocycles. The van der Waals surface area contributed by atoms with Crippen LogP contribution in [-0.2, 0) is 4.79 Å². The number of amides is 2. The van der Waals surface area contributed by atoms with E-state index in [-0.39, 0.29) is 17.9 Å². The van der Waals surface area contributed by atoms with Crippen molar-refractivity contribution in [3.05, 3.63) is 59.3 Å². The van der Waals surface area contributed by atoms with Gasteiger partial charge < -0.3 is 10.2 Å². The maximum absolute atomic E-state index is 13.7. The van der Waals surface area contributed by atoms with E-state index in [4.69, 9.17) is 0 Å². The van der Waals surface area contributed by atoms with Gasteiger partial charge in [0.2, 0.25) is 5.91 Å². The van der Waals surface area contributed by atoms with Crippen LogP contribution in [0.3, 0.4) is 0 Å². The molecule has 0 saturated heterocycles. The van der Waals surface area contributed by atoms with Crippen LogP contribution in [0, 0.1) is 6.92 Å². The number of anilines is 1. The highest BCUT2D eigenvalue weighted by Gasteiger charge is 2.56. The van der Waals surface area contributed by atoms with Crippen molar-refractivity contribution in [1.82, 2.24) is 9.88 Å². The molecule has 29 heavy (non-hydrogen) atoms. The standard InChI is InChI=1S/C24H29N3O2/c1-4-17(3)27-23(29)19-12-6-5-11-18(19)20(24(27)13-7-8-14-24)22(28)26-21-16(2)10-9-15-25-21/h5-6,9-12,15,17,20H,4,7-8,13-14H2,1-3H3,(H,25,26,28)/t17-,20-/m1/s1. The maximum Gasteiger partial charge on any atom is 0.254 e. The Morgan fingerprint density at radius 2 is 1.97 bits per heavy atom. The first-order chi connectivity index (χ1) is 14.0. The molecule has 5 nitrogen and oxygen atoms in total. The molecule has 0 unspecified atom stereocenters. The number of carbonyl (C=O) groups is 2. The van der Waals surface area contributed by atoms with Crippen LogP contribution in [0.1, 0.15) is 73.4 Å². The summed E-state index contributed by atoms with van der Waals surface area (Å²) in [4.78, 5) is 33.7. The molecule has 1 saturated carbocycles. The Bertz CT molecular complexity index is 933. The van der Waals surface area contributed by atoms with E-state index in [0.29, 0.717) is 11.4 Å². The normalized spacial score (nSPS) is 21.1. The van der Waals surface area contributed by atoms with Gasteiger partial charge in [0.15, 0.2) is 0 Å². The lowest BCUT2D eigenvalue weighted by atomic mass is 9.70. The fraction of sp³-hybridized carbons (Fsp3) is 0.458. The number of carbonyl (C=O) groups excluding carboxylic acids is 2. The maximum atomic E-state index is 13.7. The summed E-state index contributed by atoms with van der Waals surface area (Å²) in [6.45, 7) is 6.15. The Labute approximate surface area is 172 Å². The monoisotopic (exact) mass is 391 g/mol. The molecular weight excluding hydrogens is 362 g/mol. The number of aromatic nitrogens is 1. The van der Waals surface area contributed by atoms with E-state index >= 15 is 0 Å². The third-order valence-corrected chi connectivity index (χ3v) is 6.75. The van der Waals surface area contributed by atoms with Crippen LogP contribution in [0.15, 0.2) is 42.6 Å². The molecule has 2 heterocycles. The second-order valence-corrected chi connectivity index (χ2v) is 8.42. The summed E-state index contributed by atoms with van der Waals surface area (Å²) in [5.41, 5.74) is 1.97. The minimum Gasteiger partial charge on any atom is -0.329 e. The molecule has 2 atom stereocenters. The predicted molar refractivity (Wildman–Crippen MR) is 114 cm³/mol. The first kappa shape index (κ1) is 19.6. The number of hydrogen-bond donors (Lipinski definition) is 1. The Kier molecular flexibility index (Phi) is 5.15. The van der Waals surface area contributed by atoms with Crippen LogP contribution in [0.5, 0.6) is 0 Å². The number of hydrogen-bond acceptors (Lipinski definition) is 3. The Morgan fingerprint density at radius 3 is 2.66 bits per heavy atom. The predicted octanol–water partition coefficient (Wildman–Crippen LogP) is 4.68. The lowest BCUT2D eigenvalue weighted by molar-refractivity contribution is -0.121. The zero-order valence-electron chi connectivity index (χ0n) is 17.4. The lowest BCUT2D eigenvalue weighted by Gasteiger charge is -2.52. The largest absolute Gasteiger partial charge is 0.329 e. The molecule has 2 aromatic rings.